The lowest BCUT2D eigenvalue weighted by atomic mass is 9.99. The van der Waals surface area contributed by atoms with Crippen LogP contribution in [-0.2, 0) is 21.4 Å². The summed E-state index contributed by atoms with van der Waals surface area (Å²) in [5.41, 5.74) is 6.70. The van der Waals surface area contributed by atoms with E-state index in [1.807, 2.05) is 27.7 Å². The molecule has 6 nitrogen and oxygen atoms in total. The zero-order valence-corrected chi connectivity index (χ0v) is 15.7. The SMILES string of the molecule is CCC(C)C(N)C(=O)NCc1ccc(S(=O)(=O)NCC(C)C)cc1. The van der Waals surface area contributed by atoms with Crippen molar-refractivity contribution in [2.24, 2.45) is 17.6 Å². The van der Waals surface area contributed by atoms with E-state index >= 15 is 0 Å². The fourth-order valence-corrected chi connectivity index (χ4v) is 3.18. The van der Waals surface area contributed by atoms with Gasteiger partial charge in [0, 0.05) is 13.1 Å². The highest BCUT2D eigenvalue weighted by Gasteiger charge is 2.19. The number of rotatable bonds is 9. The normalized spacial score (nSPS) is 14.4. The topological polar surface area (TPSA) is 101 Å². The summed E-state index contributed by atoms with van der Waals surface area (Å²) in [5, 5.41) is 2.78. The van der Waals surface area contributed by atoms with Crippen LogP contribution < -0.4 is 15.8 Å². The van der Waals surface area contributed by atoms with Crippen molar-refractivity contribution in [3.05, 3.63) is 29.8 Å². The molecule has 0 radical (unpaired) electrons. The Balaban J connectivity index is 2.64. The maximum Gasteiger partial charge on any atom is 0.240 e. The molecule has 2 atom stereocenters. The highest BCUT2D eigenvalue weighted by Crippen LogP contribution is 2.11. The molecule has 2 unspecified atom stereocenters. The van der Waals surface area contributed by atoms with Gasteiger partial charge < -0.3 is 11.1 Å². The van der Waals surface area contributed by atoms with Crippen LogP contribution in [0.15, 0.2) is 29.2 Å². The Morgan fingerprint density at radius 2 is 1.75 bits per heavy atom. The predicted molar refractivity (Wildman–Crippen MR) is 95.7 cm³/mol. The first-order valence-electron chi connectivity index (χ1n) is 8.29. The minimum absolute atomic E-state index is 0.115. The van der Waals surface area contributed by atoms with Gasteiger partial charge in [0.2, 0.25) is 15.9 Å². The molecule has 0 saturated heterocycles. The molecule has 1 rings (SSSR count). The molecule has 136 valence electrons. The third-order valence-electron chi connectivity index (χ3n) is 3.94. The molecule has 7 heteroatoms. The lowest BCUT2D eigenvalue weighted by Crippen LogP contribution is -2.44. The number of sulfonamides is 1. The van der Waals surface area contributed by atoms with Crippen LogP contribution >= 0.6 is 0 Å². The van der Waals surface area contributed by atoms with Gasteiger partial charge in [-0.15, -0.1) is 0 Å². The second kappa shape index (κ2) is 9.15. The molecule has 1 aromatic rings. The minimum Gasteiger partial charge on any atom is -0.351 e. The van der Waals surface area contributed by atoms with E-state index in [0.29, 0.717) is 13.1 Å². The average molecular weight is 356 g/mol. The van der Waals surface area contributed by atoms with Gasteiger partial charge in [0.1, 0.15) is 0 Å². The molecule has 0 aliphatic heterocycles. The van der Waals surface area contributed by atoms with Gasteiger partial charge >= 0.3 is 0 Å². The van der Waals surface area contributed by atoms with Crippen molar-refractivity contribution >= 4 is 15.9 Å². The summed E-state index contributed by atoms with van der Waals surface area (Å²) in [6, 6.07) is 5.94. The van der Waals surface area contributed by atoms with Crippen LogP contribution in [0.1, 0.15) is 39.7 Å². The molecule has 24 heavy (non-hydrogen) atoms. The molecular formula is C17H29N3O3S. The number of carbonyl (C=O) groups is 1. The first-order valence-corrected chi connectivity index (χ1v) is 9.77. The van der Waals surface area contributed by atoms with E-state index in [1.54, 1.807) is 24.3 Å². The van der Waals surface area contributed by atoms with E-state index in [4.69, 9.17) is 5.73 Å². The van der Waals surface area contributed by atoms with Crippen LogP contribution in [0.3, 0.4) is 0 Å². The van der Waals surface area contributed by atoms with E-state index in [1.165, 1.54) is 0 Å². The van der Waals surface area contributed by atoms with E-state index < -0.39 is 16.1 Å². The molecule has 0 aliphatic rings. The van der Waals surface area contributed by atoms with Crippen molar-refractivity contribution in [2.45, 2.75) is 51.6 Å². The van der Waals surface area contributed by atoms with Crippen LogP contribution in [0.2, 0.25) is 0 Å². The molecule has 0 aliphatic carbocycles. The summed E-state index contributed by atoms with van der Waals surface area (Å²) >= 11 is 0. The van der Waals surface area contributed by atoms with Crippen molar-refractivity contribution < 1.29 is 13.2 Å². The minimum atomic E-state index is -3.49. The van der Waals surface area contributed by atoms with Gasteiger partial charge in [-0.3, -0.25) is 4.79 Å². The first kappa shape index (κ1) is 20.6. The van der Waals surface area contributed by atoms with Crippen molar-refractivity contribution in [3.63, 3.8) is 0 Å². The number of carbonyl (C=O) groups excluding carboxylic acids is 1. The quantitative estimate of drug-likeness (QED) is 0.626. The molecule has 1 aromatic carbocycles. The van der Waals surface area contributed by atoms with Gasteiger partial charge in [0.05, 0.1) is 10.9 Å². The zero-order valence-electron chi connectivity index (χ0n) is 14.9. The number of benzene rings is 1. The Labute approximate surface area is 145 Å². The maximum atomic E-state index is 12.1. The smallest absolute Gasteiger partial charge is 0.240 e. The highest BCUT2D eigenvalue weighted by atomic mass is 32.2. The largest absolute Gasteiger partial charge is 0.351 e. The van der Waals surface area contributed by atoms with E-state index in [-0.39, 0.29) is 22.6 Å². The molecule has 0 heterocycles. The maximum absolute atomic E-state index is 12.1. The van der Waals surface area contributed by atoms with Gasteiger partial charge in [0.15, 0.2) is 0 Å². The van der Waals surface area contributed by atoms with Crippen LogP contribution in [0.25, 0.3) is 0 Å². The van der Waals surface area contributed by atoms with E-state index in [0.717, 1.165) is 12.0 Å². The summed E-state index contributed by atoms with van der Waals surface area (Å²) in [4.78, 5) is 12.2. The monoisotopic (exact) mass is 355 g/mol. The van der Waals surface area contributed by atoms with Gasteiger partial charge in [-0.25, -0.2) is 13.1 Å². The average Bonchev–Trinajstić information content (AvgIpc) is 2.56. The van der Waals surface area contributed by atoms with Crippen molar-refractivity contribution in [3.8, 4) is 0 Å². The first-order chi connectivity index (χ1) is 11.2. The second-order valence-electron chi connectivity index (χ2n) is 6.52. The van der Waals surface area contributed by atoms with Gasteiger partial charge in [-0.05, 0) is 29.5 Å². The summed E-state index contributed by atoms with van der Waals surface area (Å²) < 4.78 is 26.8. The van der Waals surface area contributed by atoms with Crippen molar-refractivity contribution in [1.29, 1.82) is 0 Å². The van der Waals surface area contributed by atoms with Crippen LogP contribution in [-0.4, -0.2) is 26.9 Å². The Morgan fingerprint density at radius 1 is 1.17 bits per heavy atom. The molecule has 0 saturated carbocycles. The van der Waals surface area contributed by atoms with Crippen molar-refractivity contribution in [1.82, 2.24) is 10.0 Å². The molecule has 0 bridgehead atoms. The lowest BCUT2D eigenvalue weighted by molar-refractivity contribution is -0.123. The highest BCUT2D eigenvalue weighted by molar-refractivity contribution is 7.89. The number of hydrogen-bond acceptors (Lipinski definition) is 4. The third kappa shape index (κ3) is 6.22. The Hall–Kier alpha value is -1.44. The standard InChI is InChI=1S/C17H29N3O3S/c1-5-13(4)16(18)17(21)19-11-14-6-8-15(9-7-14)24(22,23)20-10-12(2)3/h6-9,12-13,16,20H,5,10-11,18H2,1-4H3,(H,19,21). The molecule has 4 N–H and O–H groups in total. The number of nitrogens with two attached hydrogens (primary N) is 1. The van der Waals surface area contributed by atoms with Crippen LogP contribution in [0.5, 0.6) is 0 Å². The van der Waals surface area contributed by atoms with Crippen molar-refractivity contribution in [2.75, 3.05) is 6.54 Å². The fourth-order valence-electron chi connectivity index (χ4n) is 1.97. The fraction of sp³-hybridized carbons (Fsp3) is 0.588. The second-order valence-corrected chi connectivity index (χ2v) is 8.29. The Bertz CT molecular complexity index is 627. The number of amides is 1. The predicted octanol–water partition coefficient (Wildman–Crippen LogP) is 1.61. The Morgan fingerprint density at radius 3 is 2.25 bits per heavy atom. The molecule has 0 aromatic heterocycles. The zero-order chi connectivity index (χ0) is 18.3. The van der Waals surface area contributed by atoms with E-state index in [2.05, 4.69) is 10.0 Å². The summed E-state index contributed by atoms with van der Waals surface area (Å²) in [7, 11) is -3.49. The summed E-state index contributed by atoms with van der Waals surface area (Å²) in [6.45, 7) is 8.53. The van der Waals surface area contributed by atoms with Crippen LogP contribution in [0.4, 0.5) is 0 Å². The Kier molecular flexibility index (Phi) is 7.86. The molecular weight excluding hydrogens is 326 g/mol. The van der Waals surface area contributed by atoms with E-state index in [9.17, 15) is 13.2 Å². The molecule has 1 amide bonds. The van der Waals surface area contributed by atoms with Gasteiger partial charge in [0.25, 0.3) is 0 Å². The third-order valence-corrected chi connectivity index (χ3v) is 5.38. The van der Waals surface area contributed by atoms with Gasteiger partial charge in [-0.2, -0.15) is 0 Å². The summed E-state index contributed by atoms with van der Waals surface area (Å²) in [6.07, 6.45) is 0.838. The lowest BCUT2D eigenvalue weighted by Gasteiger charge is -2.17. The van der Waals surface area contributed by atoms with Gasteiger partial charge in [-0.1, -0.05) is 46.2 Å². The molecule has 0 fully saturated rings. The number of nitrogens with one attached hydrogen (secondary N) is 2. The molecule has 0 spiro atoms. The summed E-state index contributed by atoms with van der Waals surface area (Å²) in [5.74, 6) is 0.160. The van der Waals surface area contributed by atoms with Crippen LogP contribution in [0, 0.1) is 11.8 Å². The number of hydrogen-bond donors (Lipinski definition) is 3.